The van der Waals surface area contributed by atoms with Crippen molar-refractivity contribution in [1.82, 2.24) is 19.8 Å². The Balaban J connectivity index is 1.78. The summed E-state index contributed by atoms with van der Waals surface area (Å²) in [5, 5.41) is 2.99. The smallest absolute Gasteiger partial charge is 0.146 e. The molecule has 0 aromatic carbocycles. The van der Waals surface area contributed by atoms with Crippen LogP contribution in [0.1, 0.15) is 18.7 Å². The molecule has 1 atom stereocenters. The zero-order valence-electron chi connectivity index (χ0n) is 12.0. The summed E-state index contributed by atoms with van der Waals surface area (Å²) in [6, 6.07) is 2.60. The van der Waals surface area contributed by atoms with Crippen molar-refractivity contribution in [1.29, 1.82) is 0 Å². The van der Waals surface area contributed by atoms with Crippen molar-refractivity contribution >= 4 is 27.4 Å². The van der Waals surface area contributed by atoms with Gasteiger partial charge in [0.2, 0.25) is 0 Å². The van der Waals surface area contributed by atoms with Crippen molar-refractivity contribution in [3.8, 4) is 0 Å². The molecular weight excluding hydrogens is 270 g/mol. The van der Waals surface area contributed by atoms with Gasteiger partial charge in [-0.2, -0.15) is 0 Å². The second kappa shape index (κ2) is 5.63. The van der Waals surface area contributed by atoms with E-state index in [-0.39, 0.29) is 0 Å². The average molecular weight is 291 g/mol. The maximum Gasteiger partial charge on any atom is 0.146 e. The first-order valence-corrected chi connectivity index (χ1v) is 7.90. The van der Waals surface area contributed by atoms with Crippen LogP contribution in [0.25, 0.3) is 10.2 Å². The van der Waals surface area contributed by atoms with Crippen LogP contribution in [0, 0.1) is 0 Å². The maximum atomic E-state index is 6.02. The van der Waals surface area contributed by atoms with Crippen LogP contribution in [0.2, 0.25) is 0 Å². The van der Waals surface area contributed by atoms with E-state index in [0.717, 1.165) is 35.7 Å². The quantitative estimate of drug-likeness (QED) is 0.931. The lowest BCUT2D eigenvalue weighted by Crippen LogP contribution is -2.37. The van der Waals surface area contributed by atoms with Gasteiger partial charge in [0.15, 0.2) is 0 Å². The number of hydrogen-bond donors (Lipinski definition) is 1. The molecule has 5 nitrogen and oxygen atoms in total. The summed E-state index contributed by atoms with van der Waals surface area (Å²) in [5.41, 5.74) is 6.02. The molecule has 1 aliphatic heterocycles. The van der Waals surface area contributed by atoms with Gasteiger partial charge in [0.25, 0.3) is 0 Å². The summed E-state index contributed by atoms with van der Waals surface area (Å²) in [6.07, 6.45) is 2.52. The van der Waals surface area contributed by atoms with Crippen molar-refractivity contribution in [2.45, 2.75) is 25.4 Å². The number of thiophene rings is 1. The highest BCUT2D eigenvalue weighted by Crippen LogP contribution is 2.25. The fraction of sp³-hybridized carbons (Fsp3) is 0.571. The lowest BCUT2D eigenvalue weighted by Gasteiger charge is -2.26. The molecule has 108 valence electrons. The fourth-order valence-electron chi connectivity index (χ4n) is 2.91. The van der Waals surface area contributed by atoms with Crippen LogP contribution in [0.3, 0.4) is 0 Å². The van der Waals surface area contributed by atoms with Gasteiger partial charge in [-0.25, -0.2) is 9.97 Å². The zero-order chi connectivity index (χ0) is 14.1. The lowest BCUT2D eigenvalue weighted by molar-refractivity contribution is 0.197. The number of nitrogens with two attached hydrogens (primary N) is 1. The fourth-order valence-corrected chi connectivity index (χ4v) is 3.70. The van der Waals surface area contributed by atoms with E-state index in [1.54, 1.807) is 11.3 Å². The number of likely N-dealkylation sites (tertiary alicyclic amines) is 1. The van der Waals surface area contributed by atoms with E-state index in [4.69, 9.17) is 5.73 Å². The van der Waals surface area contributed by atoms with Crippen LogP contribution < -0.4 is 5.73 Å². The van der Waals surface area contributed by atoms with Crippen molar-refractivity contribution in [3.63, 3.8) is 0 Å². The molecule has 0 aliphatic carbocycles. The van der Waals surface area contributed by atoms with Crippen molar-refractivity contribution in [3.05, 3.63) is 17.3 Å². The van der Waals surface area contributed by atoms with Gasteiger partial charge in [0, 0.05) is 12.6 Å². The molecule has 1 fully saturated rings. The molecule has 1 unspecified atom stereocenters. The Morgan fingerprint density at radius 1 is 1.45 bits per heavy atom. The second-order valence-electron chi connectivity index (χ2n) is 5.69. The summed E-state index contributed by atoms with van der Waals surface area (Å²) in [6.45, 7) is 3.03. The van der Waals surface area contributed by atoms with E-state index in [9.17, 15) is 0 Å². The molecule has 0 spiro atoms. The molecule has 1 aliphatic rings. The molecule has 20 heavy (non-hydrogen) atoms. The average Bonchev–Trinajstić information content (AvgIpc) is 2.99. The molecule has 3 rings (SSSR count). The van der Waals surface area contributed by atoms with Crippen LogP contribution in [-0.2, 0) is 6.54 Å². The second-order valence-corrected chi connectivity index (χ2v) is 6.59. The number of fused-ring (bicyclic) bond motifs is 1. The monoisotopic (exact) mass is 291 g/mol. The van der Waals surface area contributed by atoms with Crippen LogP contribution in [-0.4, -0.2) is 53.0 Å². The van der Waals surface area contributed by atoms with Crippen LogP contribution in [0.15, 0.2) is 11.4 Å². The highest BCUT2D eigenvalue weighted by molar-refractivity contribution is 7.16. The Hall–Kier alpha value is -1.24. The molecule has 0 bridgehead atoms. The van der Waals surface area contributed by atoms with Crippen molar-refractivity contribution in [2.75, 3.05) is 32.9 Å². The lowest BCUT2D eigenvalue weighted by atomic mass is 10.2. The topological polar surface area (TPSA) is 58.3 Å². The Morgan fingerprint density at radius 3 is 3.10 bits per heavy atom. The number of nitrogen functional groups attached to an aromatic ring is 1. The third-order valence-corrected chi connectivity index (χ3v) is 4.63. The summed E-state index contributed by atoms with van der Waals surface area (Å²) < 4.78 is 0. The first-order chi connectivity index (χ1) is 9.63. The molecule has 3 heterocycles. The number of hydrogen-bond acceptors (Lipinski definition) is 6. The van der Waals surface area contributed by atoms with E-state index in [1.165, 1.54) is 12.8 Å². The van der Waals surface area contributed by atoms with Crippen LogP contribution in [0.5, 0.6) is 0 Å². The molecule has 0 radical (unpaired) electrons. The van der Waals surface area contributed by atoms with Gasteiger partial charge in [-0.3, -0.25) is 4.90 Å². The summed E-state index contributed by atoms with van der Waals surface area (Å²) in [4.78, 5) is 14.8. The molecule has 1 saturated heterocycles. The SMILES string of the molecule is CN(C)CC1CCCN1Cc1nc(N)c2ccsc2n1. The van der Waals surface area contributed by atoms with E-state index < -0.39 is 0 Å². The van der Waals surface area contributed by atoms with Gasteiger partial charge in [-0.15, -0.1) is 11.3 Å². The molecule has 6 heteroatoms. The van der Waals surface area contributed by atoms with Gasteiger partial charge in [-0.05, 0) is 44.9 Å². The number of rotatable bonds is 4. The third kappa shape index (κ3) is 2.77. The van der Waals surface area contributed by atoms with Crippen LogP contribution >= 0.6 is 11.3 Å². The number of likely N-dealkylation sites (N-methyl/N-ethyl adjacent to an activating group) is 1. The molecular formula is C14H21N5S. The van der Waals surface area contributed by atoms with Crippen molar-refractivity contribution in [2.24, 2.45) is 0 Å². The van der Waals surface area contributed by atoms with Gasteiger partial charge >= 0.3 is 0 Å². The number of anilines is 1. The minimum Gasteiger partial charge on any atom is -0.383 e. The van der Waals surface area contributed by atoms with E-state index >= 15 is 0 Å². The number of nitrogens with zero attached hydrogens (tertiary/aromatic N) is 4. The van der Waals surface area contributed by atoms with E-state index in [1.807, 2.05) is 11.4 Å². The molecule has 0 saturated carbocycles. The largest absolute Gasteiger partial charge is 0.383 e. The first-order valence-electron chi connectivity index (χ1n) is 7.02. The number of aromatic nitrogens is 2. The van der Waals surface area contributed by atoms with Crippen LogP contribution in [0.4, 0.5) is 5.82 Å². The molecule has 2 aromatic rings. The zero-order valence-corrected chi connectivity index (χ0v) is 12.9. The first kappa shape index (κ1) is 13.7. The Bertz CT molecular complexity index is 594. The predicted molar refractivity (Wildman–Crippen MR) is 83.8 cm³/mol. The molecule has 2 N–H and O–H groups in total. The minimum absolute atomic E-state index is 0.605. The third-order valence-electron chi connectivity index (χ3n) is 3.82. The van der Waals surface area contributed by atoms with E-state index in [2.05, 4.69) is 33.9 Å². The Kier molecular flexibility index (Phi) is 3.87. The Labute approximate surface area is 123 Å². The van der Waals surface area contributed by atoms with Gasteiger partial charge in [0.05, 0.1) is 11.9 Å². The summed E-state index contributed by atoms with van der Waals surface area (Å²) >= 11 is 1.63. The van der Waals surface area contributed by atoms with E-state index in [0.29, 0.717) is 11.9 Å². The highest BCUT2D eigenvalue weighted by Gasteiger charge is 2.25. The minimum atomic E-state index is 0.605. The maximum absolute atomic E-state index is 6.02. The summed E-state index contributed by atoms with van der Waals surface area (Å²) in [7, 11) is 4.26. The molecule has 2 aromatic heterocycles. The highest BCUT2D eigenvalue weighted by atomic mass is 32.1. The standard InChI is InChI=1S/C14H21N5S/c1-18(2)8-10-4-3-6-19(10)9-12-16-13(15)11-5-7-20-14(11)17-12/h5,7,10H,3-4,6,8-9H2,1-2H3,(H2,15,16,17). The van der Waals surface area contributed by atoms with Gasteiger partial charge < -0.3 is 10.6 Å². The van der Waals surface area contributed by atoms with Gasteiger partial charge in [-0.1, -0.05) is 0 Å². The normalized spacial score (nSPS) is 20.2. The van der Waals surface area contributed by atoms with Crippen molar-refractivity contribution < 1.29 is 0 Å². The molecule has 0 amide bonds. The Morgan fingerprint density at radius 2 is 2.30 bits per heavy atom. The predicted octanol–water partition coefficient (Wildman–Crippen LogP) is 1.80. The summed E-state index contributed by atoms with van der Waals surface area (Å²) in [5.74, 6) is 1.46. The van der Waals surface area contributed by atoms with Gasteiger partial charge in [0.1, 0.15) is 16.5 Å².